The average molecular weight is 342 g/mol. The SMILES string of the molecule is CC(NC(=O)c1cnc2n(c1=O)CCS2)c1nnc2ccccn12. The van der Waals surface area contributed by atoms with Gasteiger partial charge in [-0.3, -0.25) is 18.6 Å². The zero-order valence-electron chi connectivity index (χ0n) is 12.8. The van der Waals surface area contributed by atoms with Crippen LogP contribution in [0.4, 0.5) is 0 Å². The summed E-state index contributed by atoms with van der Waals surface area (Å²) in [5, 5.41) is 11.6. The van der Waals surface area contributed by atoms with Gasteiger partial charge in [0.1, 0.15) is 5.56 Å². The summed E-state index contributed by atoms with van der Waals surface area (Å²) < 4.78 is 3.34. The van der Waals surface area contributed by atoms with E-state index >= 15 is 0 Å². The van der Waals surface area contributed by atoms with Gasteiger partial charge in [-0.15, -0.1) is 10.2 Å². The lowest BCUT2D eigenvalue weighted by molar-refractivity contribution is 0.0935. The van der Waals surface area contributed by atoms with Crippen LogP contribution in [0.5, 0.6) is 0 Å². The largest absolute Gasteiger partial charge is 0.342 e. The van der Waals surface area contributed by atoms with Gasteiger partial charge in [0.2, 0.25) is 0 Å². The number of nitrogens with zero attached hydrogens (tertiary/aromatic N) is 5. The number of amides is 1. The topological polar surface area (TPSA) is 94.2 Å². The van der Waals surface area contributed by atoms with Crippen LogP contribution in [0.15, 0.2) is 40.5 Å². The maximum Gasteiger partial charge on any atom is 0.267 e. The van der Waals surface area contributed by atoms with Crippen LogP contribution < -0.4 is 10.9 Å². The third-order valence-corrected chi connectivity index (χ3v) is 4.85. The van der Waals surface area contributed by atoms with E-state index in [1.807, 2.05) is 24.4 Å². The summed E-state index contributed by atoms with van der Waals surface area (Å²) in [6, 6.07) is 5.16. The number of aromatic nitrogens is 5. The van der Waals surface area contributed by atoms with Crippen molar-refractivity contribution in [2.45, 2.75) is 24.7 Å². The van der Waals surface area contributed by atoms with E-state index in [-0.39, 0.29) is 11.1 Å². The van der Waals surface area contributed by atoms with E-state index in [4.69, 9.17) is 0 Å². The Kier molecular flexibility index (Phi) is 3.57. The lowest BCUT2D eigenvalue weighted by atomic mass is 10.2. The molecule has 1 aliphatic heterocycles. The fourth-order valence-electron chi connectivity index (χ4n) is 2.67. The first-order valence-corrected chi connectivity index (χ1v) is 8.47. The number of thioether (sulfide) groups is 1. The lowest BCUT2D eigenvalue weighted by Gasteiger charge is -2.12. The van der Waals surface area contributed by atoms with E-state index in [1.165, 1.54) is 22.5 Å². The molecule has 1 atom stereocenters. The van der Waals surface area contributed by atoms with E-state index in [2.05, 4.69) is 20.5 Å². The summed E-state index contributed by atoms with van der Waals surface area (Å²) >= 11 is 1.51. The van der Waals surface area contributed by atoms with Crippen molar-refractivity contribution in [3.8, 4) is 0 Å². The summed E-state index contributed by atoms with van der Waals surface area (Å²) in [6.07, 6.45) is 3.17. The quantitative estimate of drug-likeness (QED) is 0.710. The van der Waals surface area contributed by atoms with Crippen LogP contribution in [0.1, 0.15) is 29.1 Å². The molecule has 3 aromatic rings. The van der Waals surface area contributed by atoms with Crippen LogP contribution >= 0.6 is 11.8 Å². The van der Waals surface area contributed by atoms with E-state index < -0.39 is 11.9 Å². The smallest absolute Gasteiger partial charge is 0.267 e. The van der Waals surface area contributed by atoms with Crippen molar-refractivity contribution >= 4 is 23.3 Å². The lowest BCUT2D eigenvalue weighted by Crippen LogP contribution is -2.35. The molecule has 0 saturated heterocycles. The molecule has 0 spiro atoms. The van der Waals surface area contributed by atoms with Crippen molar-refractivity contribution in [2.75, 3.05) is 5.75 Å². The predicted molar refractivity (Wildman–Crippen MR) is 88.1 cm³/mol. The number of carbonyl (C=O) groups is 1. The van der Waals surface area contributed by atoms with Crippen LogP contribution in [0.25, 0.3) is 5.65 Å². The molecule has 1 amide bonds. The second kappa shape index (κ2) is 5.75. The van der Waals surface area contributed by atoms with Gasteiger partial charge in [-0.25, -0.2) is 4.98 Å². The highest BCUT2D eigenvalue weighted by molar-refractivity contribution is 7.99. The van der Waals surface area contributed by atoms with Crippen LogP contribution in [-0.4, -0.2) is 35.8 Å². The van der Waals surface area contributed by atoms with Gasteiger partial charge in [0.05, 0.1) is 6.04 Å². The van der Waals surface area contributed by atoms with Crippen LogP contribution in [0, 0.1) is 0 Å². The Morgan fingerprint density at radius 2 is 2.25 bits per heavy atom. The van der Waals surface area contributed by atoms with Gasteiger partial charge < -0.3 is 5.32 Å². The zero-order chi connectivity index (χ0) is 16.7. The number of hydrogen-bond acceptors (Lipinski definition) is 6. The first-order valence-electron chi connectivity index (χ1n) is 7.48. The molecule has 8 nitrogen and oxygen atoms in total. The van der Waals surface area contributed by atoms with Crippen molar-refractivity contribution < 1.29 is 4.79 Å². The summed E-state index contributed by atoms with van der Waals surface area (Å²) in [5.74, 6) is 0.943. The molecule has 0 saturated carbocycles. The van der Waals surface area contributed by atoms with Crippen molar-refractivity contribution in [3.05, 3.63) is 52.3 Å². The molecular formula is C15H14N6O2S. The Bertz CT molecular complexity index is 995. The zero-order valence-corrected chi connectivity index (χ0v) is 13.7. The molecule has 3 aromatic heterocycles. The molecular weight excluding hydrogens is 328 g/mol. The molecule has 122 valence electrons. The third kappa shape index (κ3) is 2.37. The van der Waals surface area contributed by atoms with Crippen LogP contribution in [0.3, 0.4) is 0 Å². The van der Waals surface area contributed by atoms with Gasteiger partial charge >= 0.3 is 0 Å². The van der Waals surface area contributed by atoms with Gasteiger partial charge in [0.15, 0.2) is 16.6 Å². The third-order valence-electron chi connectivity index (χ3n) is 3.88. The van der Waals surface area contributed by atoms with Gasteiger partial charge in [0, 0.05) is 24.7 Å². The highest BCUT2D eigenvalue weighted by Gasteiger charge is 2.22. The van der Waals surface area contributed by atoms with Crippen molar-refractivity contribution in [1.29, 1.82) is 0 Å². The normalized spacial score (nSPS) is 14.5. The van der Waals surface area contributed by atoms with E-state index in [1.54, 1.807) is 11.3 Å². The van der Waals surface area contributed by atoms with E-state index in [9.17, 15) is 9.59 Å². The van der Waals surface area contributed by atoms with Crippen LogP contribution in [0.2, 0.25) is 0 Å². The summed E-state index contributed by atoms with van der Waals surface area (Å²) in [5.41, 5.74) is 0.438. The number of pyridine rings is 1. The highest BCUT2D eigenvalue weighted by Crippen LogP contribution is 2.20. The van der Waals surface area contributed by atoms with Gasteiger partial charge in [0.25, 0.3) is 11.5 Å². The van der Waals surface area contributed by atoms with E-state index in [0.717, 1.165) is 5.75 Å². The van der Waals surface area contributed by atoms with Gasteiger partial charge in [-0.1, -0.05) is 17.8 Å². The molecule has 0 aliphatic carbocycles. The molecule has 0 radical (unpaired) electrons. The Labute approximate surface area is 140 Å². The second-order valence-electron chi connectivity index (χ2n) is 5.44. The number of rotatable bonds is 3. The fourth-order valence-corrected chi connectivity index (χ4v) is 3.58. The minimum atomic E-state index is -0.458. The molecule has 4 heterocycles. The monoisotopic (exact) mass is 342 g/mol. The number of hydrogen-bond donors (Lipinski definition) is 1. The summed E-state index contributed by atoms with van der Waals surface area (Å²) in [4.78, 5) is 29.1. The molecule has 9 heteroatoms. The minimum absolute atomic E-state index is 0.0434. The molecule has 4 rings (SSSR count). The molecule has 24 heavy (non-hydrogen) atoms. The highest BCUT2D eigenvalue weighted by atomic mass is 32.2. The van der Waals surface area contributed by atoms with Crippen molar-refractivity contribution in [1.82, 2.24) is 29.5 Å². The Balaban J connectivity index is 1.61. The standard InChI is InChI=1S/C15H14N6O2S/c1-9(12-19-18-11-4-2-3-5-20(11)12)17-13(22)10-8-16-15-21(14(10)23)6-7-24-15/h2-5,8-9H,6-7H2,1H3,(H,17,22). The minimum Gasteiger partial charge on any atom is -0.342 e. The van der Waals surface area contributed by atoms with Gasteiger partial charge in [-0.2, -0.15) is 0 Å². The van der Waals surface area contributed by atoms with E-state index in [0.29, 0.717) is 23.2 Å². The first-order chi connectivity index (χ1) is 11.6. The Hall–Kier alpha value is -2.68. The van der Waals surface area contributed by atoms with Crippen LogP contribution in [-0.2, 0) is 6.54 Å². The number of nitrogens with one attached hydrogen (secondary N) is 1. The number of fused-ring (bicyclic) bond motifs is 2. The molecule has 0 aromatic carbocycles. The molecule has 1 aliphatic rings. The maximum atomic E-state index is 12.5. The molecule has 0 bridgehead atoms. The van der Waals surface area contributed by atoms with Crippen molar-refractivity contribution in [2.24, 2.45) is 0 Å². The summed E-state index contributed by atoms with van der Waals surface area (Å²) in [6.45, 7) is 2.38. The molecule has 0 fully saturated rings. The Morgan fingerprint density at radius 1 is 1.38 bits per heavy atom. The Morgan fingerprint density at radius 3 is 3.12 bits per heavy atom. The number of carbonyl (C=O) groups excluding carboxylic acids is 1. The molecule has 1 N–H and O–H groups in total. The van der Waals surface area contributed by atoms with Crippen molar-refractivity contribution in [3.63, 3.8) is 0 Å². The fraction of sp³-hybridized carbons (Fsp3) is 0.267. The second-order valence-corrected chi connectivity index (χ2v) is 6.50. The van der Waals surface area contributed by atoms with Gasteiger partial charge in [-0.05, 0) is 19.1 Å². The first kappa shape index (κ1) is 14.9. The predicted octanol–water partition coefficient (Wildman–Crippen LogP) is 0.883. The molecule has 1 unspecified atom stereocenters. The summed E-state index contributed by atoms with van der Waals surface area (Å²) in [7, 11) is 0. The average Bonchev–Trinajstić information content (AvgIpc) is 3.22. The maximum absolute atomic E-state index is 12.5.